The van der Waals surface area contributed by atoms with Gasteiger partial charge in [0, 0.05) is 11.4 Å². The molecule has 0 bridgehead atoms. The number of carbonyl (C=O) groups excluding carboxylic acids is 2. The molecule has 0 fully saturated rings. The number of hydrogen-bond donors (Lipinski definition) is 2. The monoisotopic (exact) mass is 595 g/mol. The minimum Gasteiger partial charge on any atom is -0.493 e. The zero-order valence-electron chi connectivity index (χ0n) is 20.4. The normalized spacial score (nSPS) is 10.8. The highest BCUT2D eigenvalue weighted by atomic mass is 127. The number of nitriles is 1. The Morgan fingerprint density at radius 1 is 1.06 bits per heavy atom. The zero-order chi connectivity index (χ0) is 26.2. The first-order chi connectivity index (χ1) is 17.2. The van der Waals surface area contributed by atoms with E-state index in [0.717, 1.165) is 16.7 Å². The molecule has 0 unspecified atom stereocenters. The molecule has 0 atom stereocenters. The lowest BCUT2D eigenvalue weighted by Crippen LogP contribution is -2.20. The molecule has 0 radical (unpaired) electrons. The third-order valence-electron chi connectivity index (χ3n) is 5.43. The fraction of sp³-hybridized carbons (Fsp3) is 0.179. The molecule has 0 aliphatic heterocycles. The molecule has 0 aromatic heterocycles. The topological polar surface area (TPSA) is 100 Å². The van der Waals surface area contributed by atoms with Crippen LogP contribution in [0.2, 0.25) is 0 Å². The standard InChI is InChI=1S/C28H26IN3O4/c1-17-7-5-9-22(11-17)31-26(33)16-36-27-23(29)13-20(14-25(27)35-4)12-21(15-30)28(34)32-24-10-6-8-18(2)19(24)3/h5-14H,16H2,1-4H3,(H,31,33)(H,32,34)/b21-12+. The number of ether oxygens (including phenoxy) is 2. The van der Waals surface area contributed by atoms with Gasteiger partial charge in [-0.15, -0.1) is 0 Å². The van der Waals surface area contributed by atoms with Crippen LogP contribution in [0.1, 0.15) is 22.3 Å². The summed E-state index contributed by atoms with van der Waals surface area (Å²) in [5.74, 6) is -0.0395. The Morgan fingerprint density at radius 2 is 1.81 bits per heavy atom. The summed E-state index contributed by atoms with van der Waals surface area (Å²) in [5.41, 5.74) is 4.88. The van der Waals surface area contributed by atoms with E-state index < -0.39 is 5.91 Å². The van der Waals surface area contributed by atoms with Gasteiger partial charge in [0.15, 0.2) is 18.1 Å². The number of nitrogens with one attached hydrogen (secondary N) is 2. The molecule has 0 heterocycles. The van der Waals surface area contributed by atoms with Gasteiger partial charge in [0.25, 0.3) is 11.8 Å². The van der Waals surface area contributed by atoms with Crippen molar-refractivity contribution >= 4 is 51.9 Å². The van der Waals surface area contributed by atoms with E-state index in [4.69, 9.17) is 9.47 Å². The number of halogens is 1. The van der Waals surface area contributed by atoms with Crippen molar-refractivity contribution in [3.8, 4) is 17.6 Å². The fourth-order valence-corrected chi connectivity index (χ4v) is 4.19. The molecule has 36 heavy (non-hydrogen) atoms. The lowest BCUT2D eigenvalue weighted by atomic mass is 10.1. The molecule has 0 saturated heterocycles. The highest BCUT2D eigenvalue weighted by molar-refractivity contribution is 14.1. The second kappa shape index (κ2) is 12.2. The number of methoxy groups -OCH3 is 1. The Morgan fingerprint density at radius 3 is 2.50 bits per heavy atom. The molecular formula is C28H26IN3O4. The summed E-state index contributed by atoms with van der Waals surface area (Å²) >= 11 is 2.06. The molecule has 2 N–H and O–H groups in total. The molecule has 3 aromatic carbocycles. The highest BCUT2D eigenvalue weighted by Gasteiger charge is 2.16. The van der Waals surface area contributed by atoms with Crippen LogP contribution in [-0.4, -0.2) is 25.5 Å². The number of benzene rings is 3. The summed E-state index contributed by atoms with van der Waals surface area (Å²) in [6.07, 6.45) is 1.49. The summed E-state index contributed by atoms with van der Waals surface area (Å²) in [6, 6.07) is 18.4. The fourth-order valence-electron chi connectivity index (χ4n) is 3.41. The molecule has 3 aromatic rings. The van der Waals surface area contributed by atoms with Crippen LogP contribution in [0.15, 0.2) is 60.2 Å². The Bertz CT molecular complexity index is 1380. The maximum Gasteiger partial charge on any atom is 0.266 e. The second-order valence-corrected chi connectivity index (χ2v) is 9.27. The molecule has 2 amide bonds. The lowest BCUT2D eigenvalue weighted by molar-refractivity contribution is -0.118. The van der Waals surface area contributed by atoms with Crippen LogP contribution in [0.3, 0.4) is 0 Å². The van der Waals surface area contributed by atoms with Gasteiger partial charge in [0.05, 0.1) is 10.7 Å². The van der Waals surface area contributed by atoms with Crippen LogP contribution in [-0.2, 0) is 9.59 Å². The number of carbonyl (C=O) groups is 2. The quantitative estimate of drug-likeness (QED) is 0.195. The third-order valence-corrected chi connectivity index (χ3v) is 6.23. The largest absolute Gasteiger partial charge is 0.493 e. The number of aryl methyl sites for hydroxylation is 2. The van der Waals surface area contributed by atoms with Crippen molar-refractivity contribution < 1.29 is 19.1 Å². The van der Waals surface area contributed by atoms with Gasteiger partial charge < -0.3 is 20.1 Å². The molecule has 184 valence electrons. The van der Waals surface area contributed by atoms with Crippen LogP contribution < -0.4 is 20.1 Å². The molecule has 7 nitrogen and oxygen atoms in total. The summed E-state index contributed by atoms with van der Waals surface area (Å²) in [4.78, 5) is 25.1. The van der Waals surface area contributed by atoms with E-state index in [1.807, 2.05) is 57.2 Å². The molecule has 0 aliphatic carbocycles. The van der Waals surface area contributed by atoms with E-state index in [1.165, 1.54) is 13.2 Å². The highest BCUT2D eigenvalue weighted by Crippen LogP contribution is 2.34. The first-order valence-electron chi connectivity index (χ1n) is 11.1. The molecular weight excluding hydrogens is 569 g/mol. The number of nitrogens with zero attached hydrogens (tertiary/aromatic N) is 1. The van der Waals surface area contributed by atoms with E-state index in [2.05, 4.69) is 33.2 Å². The van der Waals surface area contributed by atoms with Gasteiger partial charge in [-0.05, 0) is 102 Å². The van der Waals surface area contributed by atoms with Crippen LogP contribution >= 0.6 is 22.6 Å². The van der Waals surface area contributed by atoms with Gasteiger partial charge >= 0.3 is 0 Å². The Kier molecular flexibility index (Phi) is 9.08. The maximum absolute atomic E-state index is 12.8. The van der Waals surface area contributed by atoms with Gasteiger partial charge in [-0.25, -0.2) is 0 Å². The summed E-state index contributed by atoms with van der Waals surface area (Å²) in [7, 11) is 1.48. The molecule has 3 rings (SSSR count). The SMILES string of the molecule is COc1cc(/C=C(\C#N)C(=O)Nc2cccc(C)c2C)cc(I)c1OCC(=O)Nc1cccc(C)c1. The average molecular weight is 595 g/mol. The molecule has 0 saturated carbocycles. The summed E-state index contributed by atoms with van der Waals surface area (Å²) in [5, 5.41) is 15.2. The maximum atomic E-state index is 12.8. The van der Waals surface area contributed by atoms with Gasteiger partial charge in [0.2, 0.25) is 0 Å². The first kappa shape index (κ1) is 26.8. The number of amides is 2. The number of hydrogen-bond acceptors (Lipinski definition) is 5. The van der Waals surface area contributed by atoms with Crippen molar-refractivity contribution in [1.29, 1.82) is 5.26 Å². The average Bonchev–Trinajstić information content (AvgIpc) is 2.84. The summed E-state index contributed by atoms with van der Waals surface area (Å²) < 4.78 is 11.9. The lowest BCUT2D eigenvalue weighted by Gasteiger charge is -2.14. The van der Waals surface area contributed by atoms with Crippen LogP contribution in [0.4, 0.5) is 11.4 Å². The van der Waals surface area contributed by atoms with E-state index in [-0.39, 0.29) is 18.1 Å². The third kappa shape index (κ3) is 6.86. The zero-order valence-corrected chi connectivity index (χ0v) is 22.6. The molecule has 0 aliphatic rings. The van der Waals surface area contributed by atoms with E-state index >= 15 is 0 Å². The predicted molar refractivity (Wildman–Crippen MR) is 149 cm³/mol. The van der Waals surface area contributed by atoms with Gasteiger partial charge in [-0.2, -0.15) is 5.26 Å². The van der Waals surface area contributed by atoms with Crippen LogP contribution in [0.25, 0.3) is 6.08 Å². The minimum absolute atomic E-state index is 0.0556. The number of rotatable bonds is 8. The smallest absolute Gasteiger partial charge is 0.266 e. The van der Waals surface area contributed by atoms with Crippen molar-refractivity contribution in [2.24, 2.45) is 0 Å². The number of anilines is 2. The van der Waals surface area contributed by atoms with Crippen molar-refractivity contribution in [3.63, 3.8) is 0 Å². The van der Waals surface area contributed by atoms with Crippen molar-refractivity contribution in [2.75, 3.05) is 24.4 Å². The predicted octanol–water partition coefficient (Wildman–Crippen LogP) is 5.79. The van der Waals surface area contributed by atoms with Crippen LogP contribution in [0, 0.1) is 35.7 Å². The van der Waals surface area contributed by atoms with Gasteiger partial charge in [0.1, 0.15) is 11.6 Å². The van der Waals surface area contributed by atoms with Gasteiger partial charge in [-0.1, -0.05) is 24.3 Å². The summed E-state index contributed by atoms with van der Waals surface area (Å²) in [6.45, 7) is 5.60. The van der Waals surface area contributed by atoms with Gasteiger partial charge in [-0.3, -0.25) is 9.59 Å². The van der Waals surface area contributed by atoms with Crippen molar-refractivity contribution in [3.05, 3.63) is 86.0 Å². The Hall–Kier alpha value is -3.84. The van der Waals surface area contributed by atoms with E-state index in [0.29, 0.717) is 32.0 Å². The van der Waals surface area contributed by atoms with Crippen LogP contribution in [0.5, 0.6) is 11.5 Å². The first-order valence-corrected chi connectivity index (χ1v) is 12.2. The van der Waals surface area contributed by atoms with Crippen molar-refractivity contribution in [1.82, 2.24) is 0 Å². The van der Waals surface area contributed by atoms with E-state index in [1.54, 1.807) is 24.3 Å². The molecule has 8 heteroatoms. The Labute approximate surface area is 224 Å². The van der Waals surface area contributed by atoms with Crippen molar-refractivity contribution in [2.45, 2.75) is 20.8 Å². The van der Waals surface area contributed by atoms with E-state index in [9.17, 15) is 14.9 Å². The molecule has 0 spiro atoms. The second-order valence-electron chi connectivity index (χ2n) is 8.11. The minimum atomic E-state index is -0.506. The Balaban J connectivity index is 1.76.